The summed E-state index contributed by atoms with van der Waals surface area (Å²) in [5.74, 6) is 0.971. The van der Waals surface area contributed by atoms with E-state index in [1.165, 1.54) is 0 Å². The molecule has 0 aliphatic rings. The lowest BCUT2D eigenvalue weighted by molar-refractivity contribution is -0.132. The number of nitrogens with zero attached hydrogens (tertiary/aromatic N) is 1. The molecule has 0 bridgehead atoms. The molecule has 0 radical (unpaired) electrons. The fourth-order valence-electron chi connectivity index (χ4n) is 1.75. The average molecular weight is 264 g/mol. The molecule has 1 unspecified atom stereocenters. The Hall–Kier alpha value is -1.55. The highest BCUT2D eigenvalue weighted by Crippen LogP contribution is 2.14. The number of amides is 1. The first-order chi connectivity index (χ1) is 8.95. The van der Waals surface area contributed by atoms with Crippen molar-refractivity contribution in [1.29, 1.82) is 0 Å². The van der Waals surface area contributed by atoms with Crippen molar-refractivity contribution in [2.75, 3.05) is 13.7 Å². The molecule has 19 heavy (non-hydrogen) atoms. The maximum Gasteiger partial charge on any atom is 0.239 e. The third kappa shape index (κ3) is 4.56. The first kappa shape index (κ1) is 15.5. The Bertz CT molecular complexity index is 401. The van der Waals surface area contributed by atoms with Crippen LogP contribution in [-0.4, -0.2) is 30.5 Å². The van der Waals surface area contributed by atoms with Crippen LogP contribution in [0.5, 0.6) is 5.75 Å². The van der Waals surface area contributed by atoms with Crippen LogP contribution in [0.1, 0.15) is 26.3 Å². The van der Waals surface area contributed by atoms with Crippen LogP contribution in [0, 0.1) is 5.92 Å². The SMILES string of the molecule is CCOc1ccc(CN(C)C(=O)C(N)C(C)C)cc1. The van der Waals surface area contributed by atoms with Crippen LogP contribution < -0.4 is 10.5 Å². The monoisotopic (exact) mass is 264 g/mol. The standard InChI is InChI=1S/C15H24N2O2/c1-5-19-13-8-6-12(7-9-13)10-17(4)15(18)14(16)11(2)3/h6-9,11,14H,5,10,16H2,1-4H3. The second-order valence-corrected chi connectivity index (χ2v) is 5.04. The maximum absolute atomic E-state index is 12.0. The molecule has 0 saturated carbocycles. The van der Waals surface area contributed by atoms with Gasteiger partial charge >= 0.3 is 0 Å². The Kier molecular flexibility index (Phi) is 5.83. The zero-order valence-electron chi connectivity index (χ0n) is 12.2. The summed E-state index contributed by atoms with van der Waals surface area (Å²) in [6, 6.07) is 7.33. The highest BCUT2D eigenvalue weighted by Gasteiger charge is 2.20. The van der Waals surface area contributed by atoms with E-state index in [9.17, 15) is 4.79 Å². The molecule has 0 saturated heterocycles. The Balaban J connectivity index is 2.61. The topological polar surface area (TPSA) is 55.6 Å². The van der Waals surface area contributed by atoms with Gasteiger partial charge in [-0.3, -0.25) is 4.79 Å². The quantitative estimate of drug-likeness (QED) is 0.855. The second kappa shape index (κ2) is 7.14. The zero-order chi connectivity index (χ0) is 14.4. The molecular formula is C15H24N2O2. The summed E-state index contributed by atoms with van der Waals surface area (Å²) in [7, 11) is 1.78. The summed E-state index contributed by atoms with van der Waals surface area (Å²) >= 11 is 0. The Morgan fingerprint density at radius 1 is 1.32 bits per heavy atom. The molecule has 106 valence electrons. The van der Waals surface area contributed by atoms with Gasteiger partial charge in [-0.2, -0.15) is 0 Å². The predicted molar refractivity (Wildman–Crippen MR) is 76.9 cm³/mol. The van der Waals surface area contributed by atoms with Gasteiger partial charge in [-0.25, -0.2) is 0 Å². The highest BCUT2D eigenvalue weighted by atomic mass is 16.5. The van der Waals surface area contributed by atoms with Gasteiger partial charge in [-0.05, 0) is 30.5 Å². The molecule has 1 amide bonds. The first-order valence-corrected chi connectivity index (χ1v) is 6.68. The van der Waals surface area contributed by atoms with Crippen molar-refractivity contribution in [3.05, 3.63) is 29.8 Å². The van der Waals surface area contributed by atoms with Gasteiger partial charge in [0.2, 0.25) is 5.91 Å². The minimum atomic E-state index is -0.437. The van der Waals surface area contributed by atoms with E-state index in [2.05, 4.69) is 0 Å². The summed E-state index contributed by atoms with van der Waals surface area (Å²) in [5.41, 5.74) is 6.93. The molecule has 0 fully saturated rings. The smallest absolute Gasteiger partial charge is 0.239 e. The largest absolute Gasteiger partial charge is 0.494 e. The molecule has 1 aromatic rings. The van der Waals surface area contributed by atoms with Crippen molar-refractivity contribution < 1.29 is 9.53 Å². The van der Waals surface area contributed by atoms with Crippen molar-refractivity contribution in [1.82, 2.24) is 4.90 Å². The van der Waals surface area contributed by atoms with E-state index in [4.69, 9.17) is 10.5 Å². The van der Waals surface area contributed by atoms with E-state index >= 15 is 0 Å². The predicted octanol–water partition coefficient (Wildman–Crippen LogP) is 2.03. The van der Waals surface area contributed by atoms with E-state index < -0.39 is 6.04 Å². The fourth-order valence-corrected chi connectivity index (χ4v) is 1.75. The normalized spacial score (nSPS) is 12.3. The van der Waals surface area contributed by atoms with E-state index in [1.807, 2.05) is 45.0 Å². The van der Waals surface area contributed by atoms with Crippen molar-refractivity contribution >= 4 is 5.91 Å². The fraction of sp³-hybridized carbons (Fsp3) is 0.533. The summed E-state index contributed by atoms with van der Waals surface area (Å²) in [4.78, 5) is 13.7. The molecular weight excluding hydrogens is 240 g/mol. The maximum atomic E-state index is 12.0. The number of ether oxygens (including phenoxy) is 1. The van der Waals surface area contributed by atoms with Gasteiger partial charge < -0.3 is 15.4 Å². The van der Waals surface area contributed by atoms with Gasteiger partial charge in [0.25, 0.3) is 0 Å². The van der Waals surface area contributed by atoms with Crippen LogP contribution in [0.4, 0.5) is 0 Å². The Morgan fingerprint density at radius 2 is 1.89 bits per heavy atom. The van der Waals surface area contributed by atoms with Crippen LogP contribution in [0.15, 0.2) is 24.3 Å². The van der Waals surface area contributed by atoms with Crippen molar-refractivity contribution in [2.24, 2.45) is 11.7 Å². The van der Waals surface area contributed by atoms with Crippen molar-refractivity contribution in [3.8, 4) is 5.75 Å². The molecule has 1 atom stereocenters. The number of hydrogen-bond acceptors (Lipinski definition) is 3. The van der Waals surface area contributed by atoms with Gasteiger partial charge in [-0.1, -0.05) is 26.0 Å². The van der Waals surface area contributed by atoms with E-state index in [-0.39, 0.29) is 11.8 Å². The van der Waals surface area contributed by atoms with Crippen molar-refractivity contribution in [3.63, 3.8) is 0 Å². The van der Waals surface area contributed by atoms with Crippen LogP contribution in [0.3, 0.4) is 0 Å². The molecule has 0 aliphatic carbocycles. The van der Waals surface area contributed by atoms with Gasteiger partial charge in [0, 0.05) is 13.6 Å². The van der Waals surface area contributed by atoms with Gasteiger partial charge in [-0.15, -0.1) is 0 Å². The van der Waals surface area contributed by atoms with E-state index in [0.29, 0.717) is 13.2 Å². The molecule has 4 heteroatoms. The average Bonchev–Trinajstić information content (AvgIpc) is 2.39. The van der Waals surface area contributed by atoms with Crippen LogP contribution in [-0.2, 0) is 11.3 Å². The van der Waals surface area contributed by atoms with Gasteiger partial charge in [0.1, 0.15) is 5.75 Å². The molecule has 0 heterocycles. The summed E-state index contributed by atoms with van der Waals surface area (Å²) < 4.78 is 5.38. The third-order valence-electron chi connectivity index (χ3n) is 3.03. The highest BCUT2D eigenvalue weighted by molar-refractivity contribution is 5.81. The molecule has 0 aliphatic heterocycles. The zero-order valence-corrected chi connectivity index (χ0v) is 12.2. The number of likely N-dealkylation sites (N-methyl/N-ethyl adjacent to an activating group) is 1. The van der Waals surface area contributed by atoms with Crippen LogP contribution >= 0.6 is 0 Å². The number of rotatable bonds is 6. The molecule has 1 aromatic carbocycles. The van der Waals surface area contributed by atoms with Gasteiger partial charge in [0.15, 0.2) is 0 Å². The Morgan fingerprint density at radius 3 is 2.37 bits per heavy atom. The molecule has 2 N–H and O–H groups in total. The minimum Gasteiger partial charge on any atom is -0.494 e. The lowest BCUT2D eigenvalue weighted by atomic mass is 10.0. The van der Waals surface area contributed by atoms with E-state index in [0.717, 1.165) is 11.3 Å². The summed E-state index contributed by atoms with van der Waals surface area (Å²) in [5, 5.41) is 0. The number of carbonyl (C=O) groups is 1. The number of benzene rings is 1. The minimum absolute atomic E-state index is 0.0242. The van der Waals surface area contributed by atoms with E-state index in [1.54, 1.807) is 11.9 Å². The second-order valence-electron chi connectivity index (χ2n) is 5.04. The molecule has 1 rings (SSSR count). The summed E-state index contributed by atoms with van der Waals surface area (Å²) in [6.45, 7) is 7.07. The van der Waals surface area contributed by atoms with Gasteiger partial charge in [0.05, 0.1) is 12.6 Å². The molecule has 0 spiro atoms. The summed E-state index contributed by atoms with van der Waals surface area (Å²) in [6.07, 6.45) is 0. The third-order valence-corrected chi connectivity index (χ3v) is 3.03. The van der Waals surface area contributed by atoms with Crippen LogP contribution in [0.25, 0.3) is 0 Å². The lowest BCUT2D eigenvalue weighted by Crippen LogP contribution is -2.44. The number of hydrogen-bond donors (Lipinski definition) is 1. The number of nitrogens with two attached hydrogens (primary N) is 1. The first-order valence-electron chi connectivity index (χ1n) is 6.68. The number of carbonyl (C=O) groups excluding carboxylic acids is 1. The Labute approximate surface area is 115 Å². The van der Waals surface area contributed by atoms with Crippen molar-refractivity contribution in [2.45, 2.75) is 33.4 Å². The molecule has 0 aromatic heterocycles. The molecule has 4 nitrogen and oxygen atoms in total. The van der Waals surface area contributed by atoms with Crippen LogP contribution in [0.2, 0.25) is 0 Å². The lowest BCUT2D eigenvalue weighted by Gasteiger charge is -2.23.